The molecule has 0 aromatic rings. The van der Waals surface area contributed by atoms with Crippen molar-refractivity contribution in [3.05, 3.63) is 0 Å². The molecule has 0 aromatic heterocycles. The Kier molecular flexibility index (Phi) is 5.11. The zero-order chi connectivity index (χ0) is 11.2. The van der Waals surface area contributed by atoms with Gasteiger partial charge in [0, 0.05) is 6.04 Å². The smallest absolute Gasteiger partial charge is 0.00922 e. The molecule has 0 bridgehead atoms. The summed E-state index contributed by atoms with van der Waals surface area (Å²) in [5.74, 6) is 0.993. The lowest BCUT2D eigenvalue weighted by molar-refractivity contribution is 0.174. The van der Waals surface area contributed by atoms with Gasteiger partial charge in [0.25, 0.3) is 0 Å². The summed E-state index contributed by atoms with van der Waals surface area (Å²) in [6.45, 7) is 3.82. The lowest BCUT2D eigenvalue weighted by Gasteiger charge is -2.32. The molecule has 1 aliphatic heterocycles. The average Bonchev–Trinajstić information content (AvgIpc) is 2.38. The quantitative estimate of drug-likeness (QED) is 0.790. The Labute approximate surface area is 101 Å². The standard InChI is InChI=1S/C14H28N2/c1-16(14-5-3-2-4-6-14)12-9-13-7-10-15-11-8-13/h13-15H,2-12H2,1H3. The summed E-state index contributed by atoms with van der Waals surface area (Å²) in [6, 6.07) is 0.899. The summed E-state index contributed by atoms with van der Waals surface area (Å²) < 4.78 is 0. The lowest BCUT2D eigenvalue weighted by atomic mass is 9.92. The highest BCUT2D eigenvalue weighted by molar-refractivity contribution is 4.75. The van der Waals surface area contributed by atoms with Crippen molar-refractivity contribution in [2.45, 2.75) is 57.4 Å². The molecule has 0 radical (unpaired) electrons. The van der Waals surface area contributed by atoms with Crippen molar-refractivity contribution in [2.24, 2.45) is 5.92 Å². The monoisotopic (exact) mass is 224 g/mol. The van der Waals surface area contributed by atoms with Gasteiger partial charge in [-0.15, -0.1) is 0 Å². The summed E-state index contributed by atoms with van der Waals surface area (Å²) in [7, 11) is 2.34. The molecule has 2 heteroatoms. The molecule has 1 saturated heterocycles. The molecule has 2 rings (SSSR count). The van der Waals surface area contributed by atoms with E-state index in [1.807, 2.05) is 0 Å². The average molecular weight is 224 g/mol. The molecular formula is C14H28N2. The summed E-state index contributed by atoms with van der Waals surface area (Å²) in [5, 5.41) is 3.45. The van der Waals surface area contributed by atoms with Gasteiger partial charge in [-0.25, -0.2) is 0 Å². The van der Waals surface area contributed by atoms with Gasteiger partial charge in [-0.2, -0.15) is 0 Å². The predicted octanol–water partition coefficient (Wildman–Crippen LogP) is 2.64. The molecule has 0 amide bonds. The van der Waals surface area contributed by atoms with Crippen molar-refractivity contribution < 1.29 is 0 Å². The van der Waals surface area contributed by atoms with E-state index in [2.05, 4.69) is 17.3 Å². The van der Waals surface area contributed by atoms with Crippen LogP contribution >= 0.6 is 0 Å². The van der Waals surface area contributed by atoms with Crippen LogP contribution in [-0.2, 0) is 0 Å². The minimum atomic E-state index is 0.899. The Bertz CT molecular complexity index is 181. The fourth-order valence-corrected chi connectivity index (χ4v) is 3.26. The lowest BCUT2D eigenvalue weighted by Crippen LogP contribution is -2.36. The van der Waals surface area contributed by atoms with Gasteiger partial charge in [0.1, 0.15) is 0 Å². The summed E-state index contributed by atoms with van der Waals surface area (Å²) >= 11 is 0. The first-order valence-corrected chi connectivity index (χ1v) is 7.27. The molecule has 2 nitrogen and oxygen atoms in total. The Morgan fingerprint density at radius 3 is 2.38 bits per heavy atom. The summed E-state index contributed by atoms with van der Waals surface area (Å²) in [4.78, 5) is 2.64. The molecule has 1 N–H and O–H groups in total. The predicted molar refractivity (Wildman–Crippen MR) is 69.7 cm³/mol. The Morgan fingerprint density at radius 2 is 1.69 bits per heavy atom. The van der Waals surface area contributed by atoms with Crippen LogP contribution in [0, 0.1) is 5.92 Å². The van der Waals surface area contributed by atoms with Gasteiger partial charge in [0.2, 0.25) is 0 Å². The summed E-state index contributed by atoms with van der Waals surface area (Å²) in [5.41, 5.74) is 0. The van der Waals surface area contributed by atoms with E-state index in [9.17, 15) is 0 Å². The summed E-state index contributed by atoms with van der Waals surface area (Å²) in [6.07, 6.45) is 11.5. The van der Waals surface area contributed by atoms with E-state index in [1.165, 1.54) is 71.0 Å². The Balaban J connectivity index is 1.63. The van der Waals surface area contributed by atoms with Crippen LogP contribution in [-0.4, -0.2) is 37.6 Å². The largest absolute Gasteiger partial charge is 0.317 e. The minimum absolute atomic E-state index is 0.899. The highest BCUT2D eigenvalue weighted by Gasteiger charge is 2.19. The Hall–Kier alpha value is -0.0800. The molecule has 2 aliphatic rings. The number of piperidine rings is 1. The maximum absolute atomic E-state index is 3.45. The number of hydrogen-bond acceptors (Lipinski definition) is 2. The second-order valence-corrected chi connectivity index (χ2v) is 5.75. The SMILES string of the molecule is CN(CCC1CCNCC1)C1CCCCC1. The highest BCUT2D eigenvalue weighted by atomic mass is 15.1. The Morgan fingerprint density at radius 1 is 1.00 bits per heavy atom. The number of rotatable bonds is 4. The topological polar surface area (TPSA) is 15.3 Å². The highest BCUT2D eigenvalue weighted by Crippen LogP contribution is 2.23. The van der Waals surface area contributed by atoms with Gasteiger partial charge in [-0.3, -0.25) is 0 Å². The maximum Gasteiger partial charge on any atom is 0.00922 e. The zero-order valence-electron chi connectivity index (χ0n) is 10.9. The first-order chi connectivity index (χ1) is 7.86. The van der Waals surface area contributed by atoms with Crippen molar-refractivity contribution >= 4 is 0 Å². The van der Waals surface area contributed by atoms with Crippen molar-refractivity contribution in [2.75, 3.05) is 26.7 Å². The third-order valence-corrected chi connectivity index (χ3v) is 4.55. The van der Waals surface area contributed by atoms with Gasteiger partial charge in [-0.05, 0) is 64.7 Å². The van der Waals surface area contributed by atoms with Crippen LogP contribution in [0.25, 0.3) is 0 Å². The van der Waals surface area contributed by atoms with E-state index < -0.39 is 0 Å². The molecule has 0 atom stereocenters. The molecule has 94 valence electrons. The molecule has 1 heterocycles. The van der Waals surface area contributed by atoms with Crippen LogP contribution in [0.4, 0.5) is 0 Å². The second-order valence-electron chi connectivity index (χ2n) is 5.75. The third kappa shape index (κ3) is 3.74. The first-order valence-electron chi connectivity index (χ1n) is 7.27. The van der Waals surface area contributed by atoms with E-state index in [0.29, 0.717) is 0 Å². The normalized spacial score (nSPS) is 25.1. The van der Waals surface area contributed by atoms with Gasteiger partial charge in [0.05, 0.1) is 0 Å². The van der Waals surface area contributed by atoms with Crippen molar-refractivity contribution in [1.29, 1.82) is 0 Å². The van der Waals surface area contributed by atoms with Gasteiger partial charge in [-0.1, -0.05) is 19.3 Å². The molecule has 1 aliphatic carbocycles. The van der Waals surface area contributed by atoms with Crippen LogP contribution in [0.1, 0.15) is 51.4 Å². The molecule has 0 aromatic carbocycles. The van der Waals surface area contributed by atoms with Crippen LogP contribution in [0.2, 0.25) is 0 Å². The zero-order valence-corrected chi connectivity index (χ0v) is 10.9. The molecule has 0 spiro atoms. The van der Waals surface area contributed by atoms with Crippen LogP contribution in [0.5, 0.6) is 0 Å². The molecule has 1 saturated carbocycles. The second kappa shape index (κ2) is 6.61. The molecule has 2 fully saturated rings. The third-order valence-electron chi connectivity index (χ3n) is 4.55. The minimum Gasteiger partial charge on any atom is -0.317 e. The fraction of sp³-hybridized carbons (Fsp3) is 1.00. The molecule has 0 unspecified atom stereocenters. The maximum atomic E-state index is 3.45. The first kappa shape index (κ1) is 12.4. The van der Waals surface area contributed by atoms with Crippen molar-refractivity contribution in [3.8, 4) is 0 Å². The van der Waals surface area contributed by atoms with E-state index in [4.69, 9.17) is 0 Å². The molecule has 16 heavy (non-hydrogen) atoms. The number of nitrogens with one attached hydrogen (secondary N) is 1. The van der Waals surface area contributed by atoms with E-state index >= 15 is 0 Å². The molecular weight excluding hydrogens is 196 g/mol. The van der Waals surface area contributed by atoms with Gasteiger partial charge < -0.3 is 10.2 Å². The van der Waals surface area contributed by atoms with Gasteiger partial charge in [0.15, 0.2) is 0 Å². The van der Waals surface area contributed by atoms with Crippen molar-refractivity contribution in [1.82, 2.24) is 10.2 Å². The van der Waals surface area contributed by atoms with Crippen molar-refractivity contribution in [3.63, 3.8) is 0 Å². The van der Waals surface area contributed by atoms with Crippen LogP contribution in [0.15, 0.2) is 0 Å². The van der Waals surface area contributed by atoms with E-state index in [0.717, 1.165) is 12.0 Å². The fourth-order valence-electron chi connectivity index (χ4n) is 3.26. The van der Waals surface area contributed by atoms with Crippen LogP contribution in [0.3, 0.4) is 0 Å². The van der Waals surface area contributed by atoms with E-state index in [-0.39, 0.29) is 0 Å². The van der Waals surface area contributed by atoms with E-state index in [1.54, 1.807) is 0 Å². The van der Waals surface area contributed by atoms with Crippen LogP contribution < -0.4 is 5.32 Å². The number of nitrogens with zero attached hydrogens (tertiary/aromatic N) is 1. The number of hydrogen-bond donors (Lipinski definition) is 1. The van der Waals surface area contributed by atoms with Gasteiger partial charge >= 0.3 is 0 Å².